The Hall–Kier alpha value is -1.29. The molecule has 1 N–H and O–H groups in total. The first-order valence-corrected chi connectivity index (χ1v) is 6.56. The average molecular weight is 252 g/mol. The molecule has 0 saturated carbocycles. The van der Waals surface area contributed by atoms with Crippen LogP contribution in [0.3, 0.4) is 0 Å². The summed E-state index contributed by atoms with van der Waals surface area (Å²) in [4.78, 5) is 11.6. The van der Waals surface area contributed by atoms with E-state index in [0.717, 1.165) is 11.4 Å². The number of aromatic nitrogens is 1. The molecule has 0 aliphatic heterocycles. The Morgan fingerprint density at radius 2 is 1.50 bits per heavy atom. The third kappa shape index (κ3) is 2.29. The van der Waals surface area contributed by atoms with E-state index in [0.29, 0.717) is 4.70 Å². The van der Waals surface area contributed by atoms with Gasteiger partial charge in [-0.15, -0.1) is 4.70 Å². The number of nitrogens with one attached hydrogen (secondary N) is 1. The van der Waals surface area contributed by atoms with Crippen molar-refractivity contribution in [3.05, 3.63) is 23.5 Å². The summed E-state index contributed by atoms with van der Waals surface area (Å²) >= 11 is 0. The highest BCUT2D eigenvalue weighted by atomic mass is 16.2. The molecule has 0 bridgehead atoms. The van der Waals surface area contributed by atoms with Gasteiger partial charge in [-0.25, -0.2) is 0 Å². The number of amides is 1. The standard InChI is InChI=1S/C14H25N3O/c1-10(2)17(11(3)4,15-14(7)18)16-12(5)8-9-13(16)6/h8-11H,1-7H3/p+1. The molecule has 0 aliphatic rings. The van der Waals surface area contributed by atoms with Gasteiger partial charge in [0.2, 0.25) is 0 Å². The largest absolute Gasteiger partial charge is 0.270 e. The smallest absolute Gasteiger partial charge is 0.264 e. The van der Waals surface area contributed by atoms with E-state index in [-0.39, 0.29) is 18.0 Å². The first-order valence-electron chi connectivity index (χ1n) is 6.56. The van der Waals surface area contributed by atoms with Crippen molar-refractivity contribution in [2.75, 3.05) is 0 Å². The van der Waals surface area contributed by atoms with Gasteiger partial charge in [0.25, 0.3) is 5.91 Å². The van der Waals surface area contributed by atoms with Crippen LogP contribution in [0.2, 0.25) is 0 Å². The van der Waals surface area contributed by atoms with Gasteiger partial charge in [-0.05, 0) is 53.7 Å². The maximum atomic E-state index is 11.6. The molecule has 0 spiro atoms. The van der Waals surface area contributed by atoms with E-state index in [1.165, 1.54) is 0 Å². The van der Waals surface area contributed by atoms with Gasteiger partial charge in [-0.2, -0.15) is 10.1 Å². The van der Waals surface area contributed by atoms with Crippen LogP contribution >= 0.6 is 0 Å². The van der Waals surface area contributed by atoms with Crippen molar-refractivity contribution in [3.8, 4) is 0 Å². The number of rotatable bonds is 4. The van der Waals surface area contributed by atoms with E-state index in [2.05, 4.69) is 63.8 Å². The van der Waals surface area contributed by atoms with Crippen LogP contribution in [0.4, 0.5) is 0 Å². The van der Waals surface area contributed by atoms with Crippen LogP contribution in [-0.4, -0.2) is 22.7 Å². The van der Waals surface area contributed by atoms with E-state index in [4.69, 9.17) is 0 Å². The minimum Gasteiger partial charge on any atom is -0.270 e. The van der Waals surface area contributed by atoms with Gasteiger partial charge in [0.15, 0.2) is 0 Å². The summed E-state index contributed by atoms with van der Waals surface area (Å²) in [6, 6.07) is 4.68. The Bertz CT molecular complexity index is 405. The molecule has 18 heavy (non-hydrogen) atoms. The van der Waals surface area contributed by atoms with Crippen molar-refractivity contribution in [3.63, 3.8) is 0 Å². The van der Waals surface area contributed by atoms with Crippen LogP contribution in [-0.2, 0) is 4.79 Å². The van der Waals surface area contributed by atoms with E-state index >= 15 is 0 Å². The molecular formula is C14H26N3O+. The summed E-state index contributed by atoms with van der Waals surface area (Å²) in [5.74, 6) is -0.00935. The molecule has 1 rings (SSSR count). The van der Waals surface area contributed by atoms with Gasteiger partial charge in [-0.1, -0.05) is 0 Å². The van der Waals surface area contributed by atoms with E-state index in [1.807, 2.05) is 0 Å². The molecule has 0 radical (unpaired) electrons. The number of quaternary nitrogens is 1. The molecule has 1 aromatic rings. The predicted molar refractivity (Wildman–Crippen MR) is 75.5 cm³/mol. The second-order valence-corrected chi connectivity index (χ2v) is 5.52. The van der Waals surface area contributed by atoms with E-state index < -0.39 is 0 Å². The van der Waals surface area contributed by atoms with Crippen molar-refractivity contribution in [1.29, 1.82) is 0 Å². The van der Waals surface area contributed by atoms with Crippen molar-refractivity contribution in [1.82, 2.24) is 14.8 Å². The minimum absolute atomic E-state index is 0.00935. The van der Waals surface area contributed by atoms with Gasteiger partial charge in [0.1, 0.15) is 12.1 Å². The molecule has 102 valence electrons. The van der Waals surface area contributed by atoms with Gasteiger partial charge in [0.05, 0.1) is 11.4 Å². The monoisotopic (exact) mass is 252 g/mol. The normalized spacial score (nSPS) is 12.3. The van der Waals surface area contributed by atoms with Crippen LogP contribution in [0, 0.1) is 13.8 Å². The molecular weight excluding hydrogens is 226 g/mol. The first-order chi connectivity index (χ1) is 8.23. The predicted octanol–water partition coefficient (Wildman–Crippen LogP) is 2.41. The Kier molecular flexibility index (Phi) is 4.22. The summed E-state index contributed by atoms with van der Waals surface area (Å²) in [5, 5.41) is 0. The highest BCUT2D eigenvalue weighted by molar-refractivity contribution is 5.73. The van der Waals surface area contributed by atoms with Crippen molar-refractivity contribution in [2.45, 2.75) is 60.5 Å². The molecule has 4 heteroatoms. The van der Waals surface area contributed by atoms with Gasteiger partial charge in [0, 0.05) is 6.92 Å². The Labute approximate surface area is 110 Å². The van der Waals surface area contributed by atoms with Crippen molar-refractivity contribution in [2.24, 2.45) is 0 Å². The molecule has 0 aliphatic carbocycles. The lowest BCUT2D eigenvalue weighted by Gasteiger charge is -2.45. The molecule has 0 fully saturated rings. The Morgan fingerprint density at radius 1 is 1.11 bits per heavy atom. The lowest BCUT2D eigenvalue weighted by atomic mass is 10.2. The number of hydrogen-bond acceptors (Lipinski definition) is 1. The minimum atomic E-state index is -0.00935. The van der Waals surface area contributed by atoms with Gasteiger partial charge in [-0.3, -0.25) is 4.79 Å². The Balaban J connectivity index is 3.48. The SMILES string of the molecule is CC(=O)N[N+](C(C)C)(C(C)C)n1c(C)ccc1C. The highest BCUT2D eigenvalue weighted by Gasteiger charge is 2.41. The average Bonchev–Trinajstić information content (AvgIpc) is 2.54. The van der Waals surface area contributed by atoms with E-state index in [1.54, 1.807) is 6.92 Å². The molecule has 0 unspecified atom stereocenters. The van der Waals surface area contributed by atoms with Gasteiger partial charge < -0.3 is 0 Å². The lowest BCUT2D eigenvalue weighted by Crippen LogP contribution is -2.75. The molecule has 1 heterocycles. The molecule has 0 aromatic carbocycles. The third-order valence-electron chi connectivity index (χ3n) is 3.48. The molecule has 1 amide bonds. The maximum Gasteiger partial charge on any atom is 0.264 e. The van der Waals surface area contributed by atoms with Crippen LogP contribution in [0.1, 0.15) is 46.0 Å². The number of carbonyl (C=O) groups excluding carboxylic acids is 1. The van der Waals surface area contributed by atoms with Crippen LogP contribution in [0.5, 0.6) is 0 Å². The summed E-state index contributed by atoms with van der Waals surface area (Å²) in [7, 11) is 0. The fourth-order valence-corrected chi connectivity index (χ4v) is 2.80. The number of aryl methyl sites for hydroxylation is 2. The quantitative estimate of drug-likeness (QED) is 0.648. The summed E-state index contributed by atoms with van der Waals surface area (Å²) in [5.41, 5.74) is 5.45. The van der Waals surface area contributed by atoms with Crippen LogP contribution in [0.25, 0.3) is 0 Å². The summed E-state index contributed by atoms with van der Waals surface area (Å²) in [6.45, 7) is 14.3. The fourth-order valence-electron chi connectivity index (χ4n) is 2.80. The molecule has 0 saturated heterocycles. The number of nitrogens with zero attached hydrogens (tertiary/aromatic N) is 2. The summed E-state index contributed by atoms with van der Waals surface area (Å²) < 4.78 is 2.64. The highest BCUT2D eigenvalue weighted by Crippen LogP contribution is 2.20. The zero-order chi connectivity index (χ0) is 14.1. The lowest BCUT2D eigenvalue weighted by molar-refractivity contribution is -0.131. The second-order valence-electron chi connectivity index (χ2n) is 5.52. The topological polar surface area (TPSA) is 34.0 Å². The number of hydrogen-bond donors (Lipinski definition) is 1. The van der Waals surface area contributed by atoms with E-state index in [9.17, 15) is 4.79 Å². The van der Waals surface area contributed by atoms with Crippen LogP contribution < -0.4 is 10.1 Å². The van der Waals surface area contributed by atoms with Crippen LogP contribution in [0.15, 0.2) is 12.1 Å². The zero-order valence-electron chi connectivity index (χ0n) is 12.6. The number of carbonyl (C=O) groups is 1. The van der Waals surface area contributed by atoms with Gasteiger partial charge >= 0.3 is 0 Å². The summed E-state index contributed by atoms with van der Waals surface area (Å²) in [6.07, 6.45) is 0. The molecule has 4 nitrogen and oxygen atoms in total. The third-order valence-corrected chi connectivity index (χ3v) is 3.48. The fraction of sp³-hybridized carbons (Fsp3) is 0.643. The maximum absolute atomic E-state index is 11.6. The molecule has 0 atom stereocenters. The molecule has 1 aromatic heterocycles. The zero-order valence-corrected chi connectivity index (χ0v) is 12.6. The first kappa shape index (κ1) is 14.8. The Morgan fingerprint density at radius 3 is 1.78 bits per heavy atom. The second kappa shape index (κ2) is 5.14. The van der Waals surface area contributed by atoms with Crippen molar-refractivity contribution >= 4 is 5.91 Å². The van der Waals surface area contributed by atoms with Crippen molar-refractivity contribution < 1.29 is 4.79 Å².